The van der Waals surface area contributed by atoms with Crippen molar-refractivity contribution in [1.82, 2.24) is 10.2 Å². The first kappa shape index (κ1) is 27.4. The summed E-state index contributed by atoms with van der Waals surface area (Å²) >= 11 is 2.53. The van der Waals surface area contributed by atoms with E-state index in [0.29, 0.717) is 52.2 Å². The normalized spacial score (nSPS) is 17.0. The fraction of sp³-hybridized carbons (Fsp3) is 0.276. The third-order valence-corrected chi connectivity index (χ3v) is 8.82. The lowest BCUT2D eigenvalue weighted by Crippen LogP contribution is -2.38. The van der Waals surface area contributed by atoms with Crippen molar-refractivity contribution in [2.24, 2.45) is 5.73 Å². The second-order valence-electron chi connectivity index (χ2n) is 9.32. The van der Waals surface area contributed by atoms with E-state index in [9.17, 15) is 14.9 Å². The number of rotatable bonds is 8. The van der Waals surface area contributed by atoms with E-state index in [1.165, 1.54) is 23.1 Å². The lowest BCUT2D eigenvalue weighted by molar-refractivity contribution is -0.116. The van der Waals surface area contributed by atoms with E-state index >= 15 is 0 Å². The van der Waals surface area contributed by atoms with E-state index in [-0.39, 0.29) is 23.3 Å². The van der Waals surface area contributed by atoms with E-state index in [1.807, 2.05) is 38.1 Å². The second kappa shape index (κ2) is 11.9. The van der Waals surface area contributed by atoms with Gasteiger partial charge in [0.15, 0.2) is 10.1 Å². The van der Waals surface area contributed by atoms with E-state index in [0.717, 1.165) is 22.6 Å². The van der Waals surface area contributed by atoms with Crippen LogP contribution < -0.4 is 20.7 Å². The maximum Gasteiger partial charge on any atom is 0.234 e. The Bertz CT molecular complexity index is 1550. The molecule has 1 aromatic heterocycles. The fourth-order valence-electron chi connectivity index (χ4n) is 5.00. The summed E-state index contributed by atoms with van der Waals surface area (Å²) in [5.74, 6) is 0.454. The molecule has 2 aliphatic rings. The summed E-state index contributed by atoms with van der Waals surface area (Å²) in [6.07, 6.45) is 1.75. The van der Waals surface area contributed by atoms with Gasteiger partial charge in [0.1, 0.15) is 11.6 Å². The molecule has 9 nitrogen and oxygen atoms in total. The molecule has 204 valence electrons. The third kappa shape index (κ3) is 5.46. The van der Waals surface area contributed by atoms with Crippen molar-refractivity contribution in [3.05, 3.63) is 82.3 Å². The molecule has 0 saturated heterocycles. The first-order valence-electron chi connectivity index (χ1n) is 12.9. The molecule has 5 rings (SSSR count). The van der Waals surface area contributed by atoms with Gasteiger partial charge >= 0.3 is 0 Å². The van der Waals surface area contributed by atoms with Gasteiger partial charge in [-0.25, -0.2) is 0 Å². The molecule has 11 heteroatoms. The van der Waals surface area contributed by atoms with Crippen LogP contribution in [-0.2, 0) is 9.59 Å². The van der Waals surface area contributed by atoms with Crippen LogP contribution in [0.5, 0.6) is 5.75 Å². The van der Waals surface area contributed by atoms with Crippen LogP contribution in [0.3, 0.4) is 0 Å². The van der Waals surface area contributed by atoms with Crippen molar-refractivity contribution in [2.45, 2.75) is 43.4 Å². The average Bonchev–Trinajstić information content (AvgIpc) is 3.41. The van der Waals surface area contributed by atoms with Crippen molar-refractivity contribution >= 4 is 45.6 Å². The predicted molar refractivity (Wildman–Crippen MR) is 156 cm³/mol. The van der Waals surface area contributed by atoms with Gasteiger partial charge in [-0.2, -0.15) is 5.26 Å². The molecule has 1 amide bonds. The van der Waals surface area contributed by atoms with E-state index < -0.39 is 5.92 Å². The SMILES string of the molecule is CCOc1ccc(NC(=O)CSc2nnc(N3C(N)=C(C#N)C(c4ccccc4C)C4=C3CCCC4=O)s2)cc1. The van der Waals surface area contributed by atoms with Crippen LogP contribution in [0, 0.1) is 18.3 Å². The number of amides is 1. The number of allylic oxidation sites excluding steroid dienone is 3. The van der Waals surface area contributed by atoms with Crippen LogP contribution >= 0.6 is 23.1 Å². The van der Waals surface area contributed by atoms with Gasteiger partial charge in [0, 0.05) is 23.4 Å². The Balaban J connectivity index is 1.37. The molecule has 2 heterocycles. The van der Waals surface area contributed by atoms with Crippen LogP contribution in [0.1, 0.15) is 43.2 Å². The number of thioether (sulfide) groups is 1. The average molecular weight is 573 g/mol. The summed E-state index contributed by atoms with van der Waals surface area (Å²) in [5, 5.41) is 22.1. The number of hydrogen-bond acceptors (Lipinski definition) is 10. The lowest BCUT2D eigenvalue weighted by atomic mass is 9.75. The Kier molecular flexibility index (Phi) is 8.19. The van der Waals surface area contributed by atoms with Crippen LogP contribution in [0.2, 0.25) is 0 Å². The number of Topliss-reactive ketones (excluding diaryl/α,β-unsaturated/α-hetero) is 1. The highest BCUT2D eigenvalue weighted by molar-refractivity contribution is 8.01. The van der Waals surface area contributed by atoms with Gasteiger partial charge < -0.3 is 15.8 Å². The molecule has 0 bridgehead atoms. The van der Waals surface area contributed by atoms with E-state index in [4.69, 9.17) is 10.5 Å². The maximum absolute atomic E-state index is 13.3. The summed E-state index contributed by atoms with van der Waals surface area (Å²) in [6.45, 7) is 4.46. The zero-order chi connectivity index (χ0) is 28.2. The monoisotopic (exact) mass is 572 g/mol. The number of carbonyl (C=O) groups is 2. The zero-order valence-corrected chi connectivity index (χ0v) is 23.8. The number of anilines is 2. The van der Waals surface area contributed by atoms with Crippen LogP contribution in [0.25, 0.3) is 0 Å². The summed E-state index contributed by atoms with van der Waals surface area (Å²) in [6, 6.07) is 17.2. The number of nitrogens with zero attached hydrogens (tertiary/aromatic N) is 4. The number of nitriles is 1. The molecular formula is C29H28N6O3S2. The number of ether oxygens (including phenoxy) is 1. The van der Waals surface area contributed by atoms with Gasteiger partial charge in [0.2, 0.25) is 11.0 Å². The Labute approximate surface area is 240 Å². The van der Waals surface area contributed by atoms with Crippen molar-refractivity contribution in [1.29, 1.82) is 5.26 Å². The predicted octanol–water partition coefficient (Wildman–Crippen LogP) is 5.28. The van der Waals surface area contributed by atoms with Crippen molar-refractivity contribution < 1.29 is 14.3 Å². The summed E-state index contributed by atoms with van der Waals surface area (Å²) in [5.41, 5.74) is 10.9. The first-order chi connectivity index (χ1) is 19.4. The molecule has 1 atom stereocenters. The molecule has 40 heavy (non-hydrogen) atoms. The van der Waals surface area contributed by atoms with Crippen LogP contribution in [0.15, 0.2) is 75.5 Å². The highest BCUT2D eigenvalue weighted by Gasteiger charge is 2.41. The minimum absolute atomic E-state index is 0.0184. The number of hydrogen-bond donors (Lipinski definition) is 2. The quantitative estimate of drug-likeness (QED) is 0.346. The Morgan fingerprint density at radius 2 is 2.00 bits per heavy atom. The van der Waals surface area contributed by atoms with Crippen LogP contribution in [0.4, 0.5) is 10.8 Å². The third-order valence-electron chi connectivity index (χ3n) is 6.78. The number of nitrogens with one attached hydrogen (secondary N) is 1. The Hall–Kier alpha value is -4.14. The molecule has 0 fully saturated rings. The van der Waals surface area contributed by atoms with Gasteiger partial charge in [0.25, 0.3) is 0 Å². The molecule has 0 saturated carbocycles. The zero-order valence-electron chi connectivity index (χ0n) is 22.1. The van der Waals surface area contributed by atoms with Crippen molar-refractivity contribution in [3.8, 4) is 11.8 Å². The molecular weight excluding hydrogens is 544 g/mol. The highest BCUT2D eigenvalue weighted by Crippen LogP contribution is 2.47. The maximum atomic E-state index is 13.3. The van der Waals surface area contributed by atoms with Gasteiger partial charge in [0.05, 0.1) is 29.9 Å². The van der Waals surface area contributed by atoms with Crippen molar-refractivity contribution in [3.63, 3.8) is 0 Å². The molecule has 2 aromatic carbocycles. The number of benzene rings is 2. The Morgan fingerprint density at radius 3 is 2.73 bits per heavy atom. The van der Waals surface area contributed by atoms with E-state index in [2.05, 4.69) is 21.6 Å². The molecule has 1 aliphatic heterocycles. The van der Waals surface area contributed by atoms with Crippen LogP contribution in [-0.4, -0.2) is 34.2 Å². The van der Waals surface area contributed by atoms with E-state index in [1.54, 1.807) is 29.2 Å². The highest BCUT2D eigenvalue weighted by atomic mass is 32.2. The number of ketones is 1. The first-order valence-corrected chi connectivity index (χ1v) is 14.7. The molecule has 0 radical (unpaired) electrons. The number of aromatic nitrogens is 2. The minimum atomic E-state index is -0.515. The number of carbonyl (C=O) groups excluding carboxylic acids is 2. The minimum Gasteiger partial charge on any atom is -0.494 e. The van der Waals surface area contributed by atoms with Gasteiger partial charge in [-0.15, -0.1) is 10.2 Å². The van der Waals surface area contributed by atoms with Gasteiger partial charge in [-0.05, 0) is 62.1 Å². The molecule has 3 aromatic rings. The summed E-state index contributed by atoms with van der Waals surface area (Å²) < 4.78 is 6.01. The molecule has 3 N–H and O–H groups in total. The second-order valence-corrected chi connectivity index (χ2v) is 11.5. The smallest absolute Gasteiger partial charge is 0.234 e. The van der Waals surface area contributed by atoms with Gasteiger partial charge in [-0.1, -0.05) is 47.4 Å². The topological polar surface area (TPSA) is 134 Å². The molecule has 1 unspecified atom stereocenters. The number of aryl methyl sites for hydroxylation is 1. The Morgan fingerprint density at radius 1 is 1.23 bits per heavy atom. The lowest BCUT2D eigenvalue weighted by Gasteiger charge is -2.38. The van der Waals surface area contributed by atoms with Gasteiger partial charge in [-0.3, -0.25) is 14.5 Å². The summed E-state index contributed by atoms with van der Waals surface area (Å²) in [7, 11) is 0. The molecule has 1 aliphatic carbocycles. The summed E-state index contributed by atoms with van der Waals surface area (Å²) in [4.78, 5) is 27.6. The fourth-order valence-corrected chi connectivity index (χ4v) is 6.68. The van der Waals surface area contributed by atoms with Crippen molar-refractivity contribution in [2.75, 3.05) is 22.6 Å². The number of nitrogens with two attached hydrogens (primary N) is 1. The standard InChI is InChI=1S/C29H28N6O3S2/c1-3-38-19-13-11-18(12-14-19)32-24(37)16-39-29-34-33-28(40-29)35-22-9-6-10-23(36)26(22)25(21(15-30)27(35)31)20-8-5-4-7-17(20)2/h4-5,7-8,11-14,25H,3,6,9-10,16,31H2,1-2H3,(H,32,37). The largest absolute Gasteiger partial charge is 0.494 e. The molecule has 0 spiro atoms.